The van der Waals surface area contributed by atoms with Crippen molar-refractivity contribution < 1.29 is 4.42 Å². The molecular weight excluding hydrogens is 282 g/mol. The zero-order chi connectivity index (χ0) is 15.5. The summed E-state index contributed by atoms with van der Waals surface area (Å²) in [4.78, 5) is 4.72. The summed E-state index contributed by atoms with van der Waals surface area (Å²) in [5.74, 6) is 0.896. The average molecular weight is 299 g/mol. The minimum atomic E-state index is 0.117. The number of aromatic nitrogens is 1. The van der Waals surface area contributed by atoms with Crippen molar-refractivity contribution in [1.29, 1.82) is 0 Å². The van der Waals surface area contributed by atoms with E-state index in [-0.39, 0.29) is 5.92 Å². The van der Waals surface area contributed by atoms with Gasteiger partial charge in [-0.05, 0) is 29.7 Å². The van der Waals surface area contributed by atoms with E-state index >= 15 is 0 Å². The number of hydrogen-bond donors (Lipinski definition) is 0. The zero-order valence-corrected chi connectivity index (χ0v) is 12.7. The Morgan fingerprint density at radius 2 is 1.39 bits per heavy atom. The molecule has 0 bridgehead atoms. The van der Waals surface area contributed by atoms with Crippen LogP contribution in [-0.2, 0) is 6.42 Å². The molecule has 1 unspecified atom stereocenters. The van der Waals surface area contributed by atoms with Crippen LogP contribution in [0.15, 0.2) is 89.3 Å². The first-order valence-corrected chi connectivity index (χ1v) is 7.84. The van der Waals surface area contributed by atoms with Crippen LogP contribution in [0.2, 0.25) is 0 Å². The lowest BCUT2D eigenvalue weighted by Crippen LogP contribution is -2.05. The highest BCUT2D eigenvalue weighted by Crippen LogP contribution is 2.30. The first-order valence-electron chi connectivity index (χ1n) is 7.84. The number of para-hydroxylation sites is 2. The number of rotatable bonds is 4. The van der Waals surface area contributed by atoms with E-state index < -0.39 is 0 Å². The fourth-order valence-electron chi connectivity index (χ4n) is 2.92. The van der Waals surface area contributed by atoms with Gasteiger partial charge in [0.05, 0.1) is 5.92 Å². The quantitative estimate of drug-likeness (QED) is 0.517. The number of hydrogen-bond acceptors (Lipinski definition) is 2. The standard InChI is InChI=1S/C21H17NO/c1-3-9-16(10-4-1)15-18(17-11-5-2-6-12-17)21-22-19-13-7-8-14-20(19)23-21/h1-14,18H,15H2. The zero-order valence-electron chi connectivity index (χ0n) is 12.7. The number of nitrogens with zero attached hydrogens (tertiary/aromatic N) is 1. The van der Waals surface area contributed by atoms with Crippen LogP contribution in [0, 0.1) is 0 Å². The van der Waals surface area contributed by atoms with Crippen LogP contribution in [-0.4, -0.2) is 4.98 Å². The molecule has 4 rings (SSSR count). The summed E-state index contributed by atoms with van der Waals surface area (Å²) < 4.78 is 6.05. The van der Waals surface area contributed by atoms with Crippen molar-refractivity contribution in [3.63, 3.8) is 0 Å². The van der Waals surface area contributed by atoms with Gasteiger partial charge in [0.2, 0.25) is 5.89 Å². The van der Waals surface area contributed by atoms with Crippen LogP contribution in [0.25, 0.3) is 11.1 Å². The lowest BCUT2D eigenvalue weighted by Gasteiger charge is -2.14. The third kappa shape index (κ3) is 2.88. The van der Waals surface area contributed by atoms with E-state index in [1.807, 2.05) is 36.4 Å². The van der Waals surface area contributed by atoms with Crippen molar-refractivity contribution in [1.82, 2.24) is 4.98 Å². The van der Waals surface area contributed by atoms with Crippen molar-refractivity contribution in [3.8, 4) is 0 Å². The summed E-state index contributed by atoms with van der Waals surface area (Å²) >= 11 is 0. The smallest absolute Gasteiger partial charge is 0.203 e. The average Bonchev–Trinajstić information content (AvgIpc) is 3.05. The maximum Gasteiger partial charge on any atom is 0.203 e. The summed E-state index contributed by atoms with van der Waals surface area (Å²) in [5, 5.41) is 0. The lowest BCUT2D eigenvalue weighted by molar-refractivity contribution is 0.497. The third-order valence-corrected chi connectivity index (χ3v) is 4.09. The molecule has 2 nitrogen and oxygen atoms in total. The molecule has 0 N–H and O–H groups in total. The second-order valence-electron chi connectivity index (χ2n) is 5.67. The van der Waals surface area contributed by atoms with E-state index in [4.69, 9.17) is 9.40 Å². The number of fused-ring (bicyclic) bond motifs is 1. The monoisotopic (exact) mass is 299 g/mol. The number of oxazole rings is 1. The molecule has 4 aromatic rings. The van der Waals surface area contributed by atoms with Crippen LogP contribution < -0.4 is 0 Å². The van der Waals surface area contributed by atoms with Crippen molar-refractivity contribution in [3.05, 3.63) is 102 Å². The Morgan fingerprint density at radius 1 is 0.739 bits per heavy atom. The molecule has 0 aliphatic heterocycles. The van der Waals surface area contributed by atoms with Gasteiger partial charge in [-0.25, -0.2) is 4.98 Å². The molecule has 2 heteroatoms. The largest absolute Gasteiger partial charge is 0.440 e. The van der Waals surface area contributed by atoms with Crippen LogP contribution >= 0.6 is 0 Å². The van der Waals surface area contributed by atoms with Gasteiger partial charge in [-0.3, -0.25) is 0 Å². The summed E-state index contributed by atoms with van der Waals surface area (Å²) in [7, 11) is 0. The van der Waals surface area contributed by atoms with E-state index in [9.17, 15) is 0 Å². The van der Waals surface area contributed by atoms with Crippen LogP contribution in [0.5, 0.6) is 0 Å². The van der Waals surface area contributed by atoms with Gasteiger partial charge in [0.25, 0.3) is 0 Å². The second kappa shape index (κ2) is 6.09. The molecule has 23 heavy (non-hydrogen) atoms. The summed E-state index contributed by atoms with van der Waals surface area (Å²) in [6.07, 6.45) is 0.873. The fourth-order valence-corrected chi connectivity index (χ4v) is 2.92. The molecule has 1 atom stereocenters. The van der Waals surface area contributed by atoms with E-state index in [1.54, 1.807) is 0 Å². The Bertz CT molecular complexity index is 864. The Balaban J connectivity index is 1.78. The summed E-state index contributed by atoms with van der Waals surface area (Å²) in [6.45, 7) is 0. The van der Waals surface area contributed by atoms with E-state index in [0.717, 1.165) is 23.4 Å². The highest BCUT2D eigenvalue weighted by molar-refractivity contribution is 5.72. The molecule has 112 valence electrons. The first kappa shape index (κ1) is 13.8. The van der Waals surface area contributed by atoms with Crippen molar-refractivity contribution in [2.45, 2.75) is 12.3 Å². The van der Waals surface area contributed by atoms with Crippen molar-refractivity contribution >= 4 is 11.1 Å². The van der Waals surface area contributed by atoms with E-state index in [1.165, 1.54) is 11.1 Å². The Hall–Kier alpha value is -2.87. The Labute approximate surface area is 135 Å². The van der Waals surface area contributed by atoms with Gasteiger partial charge in [0.1, 0.15) is 5.52 Å². The molecule has 0 fully saturated rings. The molecular formula is C21H17NO. The van der Waals surface area contributed by atoms with Gasteiger partial charge in [-0.15, -0.1) is 0 Å². The van der Waals surface area contributed by atoms with E-state index in [0.29, 0.717) is 0 Å². The van der Waals surface area contributed by atoms with Gasteiger partial charge >= 0.3 is 0 Å². The molecule has 3 aromatic carbocycles. The lowest BCUT2D eigenvalue weighted by atomic mass is 9.92. The highest BCUT2D eigenvalue weighted by Gasteiger charge is 2.20. The summed E-state index contributed by atoms with van der Waals surface area (Å²) in [6, 6.07) is 28.9. The van der Waals surface area contributed by atoms with Crippen molar-refractivity contribution in [2.24, 2.45) is 0 Å². The first-order chi connectivity index (χ1) is 11.4. The molecule has 0 radical (unpaired) electrons. The minimum absolute atomic E-state index is 0.117. The topological polar surface area (TPSA) is 26.0 Å². The fraction of sp³-hybridized carbons (Fsp3) is 0.0952. The Kier molecular flexibility index (Phi) is 3.65. The second-order valence-corrected chi connectivity index (χ2v) is 5.67. The molecule has 0 saturated carbocycles. The molecule has 0 saturated heterocycles. The Morgan fingerprint density at radius 3 is 2.13 bits per heavy atom. The molecule has 1 heterocycles. The van der Waals surface area contributed by atoms with Gasteiger partial charge in [0.15, 0.2) is 5.58 Å². The van der Waals surface area contributed by atoms with Crippen molar-refractivity contribution in [2.75, 3.05) is 0 Å². The predicted molar refractivity (Wildman–Crippen MR) is 92.4 cm³/mol. The van der Waals surface area contributed by atoms with Gasteiger partial charge in [-0.2, -0.15) is 0 Å². The number of benzene rings is 3. The van der Waals surface area contributed by atoms with Crippen LogP contribution in [0.1, 0.15) is 22.9 Å². The minimum Gasteiger partial charge on any atom is -0.440 e. The third-order valence-electron chi connectivity index (χ3n) is 4.09. The maximum atomic E-state index is 6.05. The normalized spacial score (nSPS) is 12.3. The molecule has 1 aromatic heterocycles. The SMILES string of the molecule is c1ccc(CC(c2ccccc2)c2nc3ccccc3o2)cc1. The van der Waals surface area contributed by atoms with E-state index in [2.05, 4.69) is 48.5 Å². The predicted octanol–water partition coefficient (Wildman–Crippen LogP) is 5.20. The summed E-state index contributed by atoms with van der Waals surface area (Å²) in [5.41, 5.74) is 4.26. The molecule has 0 aliphatic rings. The molecule has 0 aliphatic carbocycles. The van der Waals surface area contributed by atoms with Gasteiger partial charge < -0.3 is 4.42 Å². The van der Waals surface area contributed by atoms with Gasteiger partial charge in [-0.1, -0.05) is 72.8 Å². The van der Waals surface area contributed by atoms with Gasteiger partial charge in [0, 0.05) is 0 Å². The molecule has 0 amide bonds. The highest BCUT2D eigenvalue weighted by atomic mass is 16.3. The van der Waals surface area contributed by atoms with Crippen LogP contribution in [0.4, 0.5) is 0 Å². The molecule has 0 spiro atoms. The van der Waals surface area contributed by atoms with Crippen LogP contribution in [0.3, 0.4) is 0 Å². The maximum absolute atomic E-state index is 6.05.